The molecule has 0 aromatic carbocycles. The molecule has 2 atom stereocenters. The molecule has 1 aliphatic rings. The van der Waals surface area contributed by atoms with E-state index in [1.165, 1.54) is 0 Å². The second-order valence-corrected chi connectivity index (χ2v) is 5.33. The van der Waals surface area contributed by atoms with Crippen LogP contribution in [0.4, 0.5) is 0 Å². The fourth-order valence-corrected chi connectivity index (χ4v) is 2.18. The van der Waals surface area contributed by atoms with E-state index in [0.717, 1.165) is 26.2 Å². The van der Waals surface area contributed by atoms with Crippen LogP contribution in [0.2, 0.25) is 0 Å². The average molecular weight is 249 g/mol. The van der Waals surface area contributed by atoms with Gasteiger partial charge in [0.05, 0.1) is 12.7 Å². The minimum absolute atomic E-state index is 0.326. The summed E-state index contributed by atoms with van der Waals surface area (Å²) < 4.78 is 5.80. The molecule has 1 fully saturated rings. The second kappa shape index (κ2) is 6.80. The highest BCUT2D eigenvalue weighted by Gasteiger charge is 2.24. The maximum atomic E-state index is 5.85. The fraction of sp³-hybridized carbons (Fsp3) is 1.00. The Bertz CT molecular complexity index is 201. The molecule has 1 heterocycles. The number of alkyl halides is 1. The third-order valence-corrected chi connectivity index (χ3v) is 3.81. The third kappa shape index (κ3) is 4.21. The topological polar surface area (TPSA) is 15.7 Å². The highest BCUT2D eigenvalue weighted by molar-refractivity contribution is 6.18. The predicted molar refractivity (Wildman–Crippen MR) is 69.3 cm³/mol. The Kier molecular flexibility index (Phi) is 6.05. The van der Waals surface area contributed by atoms with Crippen molar-refractivity contribution >= 4 is 11.6 Å². The Morgan fingerprint density at radius 1 is 1.44 bits per heavy atom. The molecule has 0 amide bonds. The number of rotatable bonds is 5. The number of hydrogen-bond acceptors (Lipinski definition) is 3. The molecule has 0 bridgehead atoms. The number of morpholine rings is 1. The van der Waals surface area contributed by atoms with Gasteiger partial charge in [-0.1, -0.05) is 0 Å². The van der Waals surface area contributed by atoms with Crippen molar-refractivity contribution in [3.05, 3.63) is 0 Å². The van der Waals surface area contributed by atoms with Crippen LogP contribution in [0.1, 0.15) is 20.8 Å². The van der Waals surface area contributed by atoms with Crippen molar-refractivity contribution in [2.24, 2.45) is 0 Å². The summed E-state index contributed by atoms with van der Waals surface area (Å²) in [5.41, 5.74) is 0. The van der Waals surface area contributed by atoms with Crippen molar-refractivity contribution < 1.29 is 4.74 Å². The van der Waals surface area contributed by atoms with Crippen LogP contribution in [0.15, 0.2) is 0 Å². The van der Waals surface area contributed by atoms with Crippen LogP contribution in [0.25, 0.3) is 0 Å². The predicted octanol–water partition coefficient (Wildman–Crippen LogP) is 1.65. The average Bonchev–Trinajstić information content (AvgIpc) is 2.28. The largest absolute Gasteiger partial charge is 0.374 e. The summed E-state index contributed by atoms with van der Waals surface area (Å²) in [5, 5.41) is 0. The first-order valence-corrected chi connectivity index (χ1v) is 6.70. The summed E-state index contributed by atoms with van der Waals surface area (Å²) in [4.78, 5) is 4.76. The van der Waals surface area contributed by atoms with Crippen molar-refractivity contribution in [3.63, 3.8) is 0 Å². The molecule has 0 aromatic rings. The van der Waals surface area contributed by atoms with Crippen LogP contribution in [0.3, 0.4) is 0 Å². The van der Waals surface area contributed by atoms with Gasteiger partial charge in [0.25, 0.3) is 0 Å². The van der Waals surface area contributed by atoms with Crippen LogP contribution in [0.5, 0.6) is 0 Å². The third-order valence-electron chi connectivity index (χ3n) is 3.37. The van der Waals surface area contributed by atoms with E-state index in [1.807, 2.05) is 0 Å². The van der Waals surface area contributed by atoms with Crippen molar-refractivity contribution in [3.8, 4) is 0 Å². The molecule has 0 spiro atoms. The van der Waals surface area contributed by atoms with Gasteiger partial charge in [0, 0.05) is 37.6 Å². The van der Waals surface area contributed by atoms with Crippen molar-refractivity contribution in [1.82, 2.24) is 9.80 Å². The van der Waals surface area contributed by atoms with Crippen molar-refractivity contribution in [1.29, 1.82) is 0 Å². The van der Waals surface area contributed by atoms with Gasteiger partial charge in [-0.25, -0.2) is 0 Å². The van der Waals surface area contributed by atoms with Gasteiger partial charge >= 0.3 is 0 Å². The van der Waals surface area contributed by atoms with Crippen molar-refractivity contribution in [2.45, 2.75) is 39.0 Å². The molecule has 3 nitrogen and oxygen atoms in total. The summed E-state index contributed by atoms with van der Waals surface area (Å²) in [6.45, 7) is 10.6. The summed E-state index contributed by atoms with van der Waals surface area (Å²) in [6.07, 6.45) is 0.326. The maximum absolute atomic E-state index is 5.85. The molecule has 0 saturated carbocycles. The van der Waals surface area contributed by atoms with Gasteiger partial charge in [0.2, 0.25) is 0 Å². The molecule has 16 heavy (non-hydrogen) atoms. The molecule has 0 aliphatic carbocycles. The minimum atomic E-state index is 0.326. The van der Waals surface area contributed by atoms with E-state index in [4.69, 9.17) is 16.3 Å². The van der Waals surface area contributed by atoms with Crippen LogP contribution < -0.4 is 0 Å². The van der Waals surface area contributed by atoms with Crippen LogP contribution in [0, 0.1) is 0 Å². The molecule has 1 saturated heterocycles. The number of ether oxygens (including phenoxy) is 1. The molecule has 0 N–H and O–H groups in total. The first-order valence-electron chi connectivity index (χ1n) is 6.16. The SMILES string of the molecule is CC(CCl)N(C)CC1CN(C(C)C)CCO1. The fourth-order valence-electron chi connectivity index (χ4n) is 1.94. The van der Waals surface area contributed by atoms with Gasteiger partial charge < -0.3 is 4.74 Å². The van der Waals surface area contributed by atoms with Crippen LogP contribution in [-0.4, -0.2) is 67.2 Å². The van der Waals surface area contributed by atoms with Gasteiger partial charge in [0.1, 0.15) is 0 Å². The van der Waals surface area contributed by atoms with E-state index in [1.54, 1.807) is 0 Å². The lowest BCUT2D eigenvalue weighted by Crippen LogP contribution is -2.50. The van der Waals surface area contributed by atoms with E-state index in [0.29, 0.717) is 24.1 Å². The molecule has 0 radical (unpaired) electrons. The highest BCUT2D eigenvalue weighted by Crippen LogP contribution is 2.11. The van der Waals surface area contributed by atoms with E-state index in [9.17, 15) is 0 Å². The summed E-state index contributed by atoms with van der Waals surface area (Å²) >= 11 is 5.85. The zero-order valence-corrected chi connectivity index (χ0v) is 11.7. The molecule has 4 heteroatoms. The molecule has 1 aliphatic heterocycles. The maximum Gasteiger partial charge on any atom is 0.0829 e. The lowest BCUT2D eigenvalue weighted by Gasteiger charge is -2.37. The summed E-state index contributed by atoms with van der Waals surface area (Å²) in [7, 11) is 2.12. The molecule has 2 unspecified atom stereocenters. The van der Waals surface area contributed by atoms with Gasteiger partial charge in [-0.15, -0.1) is 11.6 Å². The number of hydrogen-bond donors (Lipinski definition) is 0. The Morgan fingerprint density at radius 3 is 2.69 bits per heavy atom. The molecular formula is C12H25ClN2O. The highest BCUT2D eigenvalue weighted by atomic mass is 35.5. The van der Waals surface area contributed by atoms with Crippen LogP contribution in [-0.2, 0) is 4.74 Å². The van der Waals surface area contributed by atoms with Gasteiger partial charge in [-0.2, -0.15) is 0 Å². The lowest BCUT2D eigenvalue weighted by atomic mass is 10.2. The standard InChI is InChI=1S/C12H25ClN2O/c1-10(2)15-5-6-16-12(9-15)8-14(4)11(3)7-13/h10-12H,5-9H2,1-4H3. The Labute approximate surface area is 105 Å². The monoisotopic (exact) mass is 248 g/mol. The number of likely N-dealkylation sites (N-methyl/N-ethyl adjacent to an activating group) is 1. The van der Waals surface area contributed by atoms with E-state index in [2.05, 4.69) is 37.6 Å². The van der Waals surface area contributed by atoms with Crippen LogP contribution >= 0.6 is 11.6 Å². The summed E-state index contributed by atoms with van der Waals surface area (Å²) in [5.74, 6) is 0.678. The van der Waals surface area contributed by atoms with E-state index >= 15 is 0 Å². The Balaban J connectivity index is 2.36. The Morgan fingerprint density at radius 2 is 2.12 bits per heavy atom. The summed E-state index contributed by atoms with van der Waals surface area (Å²) in [6, 6.07) is 1.03. The zero-order chi connectivity index (χ0) is 12.1. The lowest BCUT2D eigenvalue weighted by molar-refractivity contribution is -0.0521. The van der Waals surface area contributed by atoms with E-state index in [-0.39, 0.29) is 0 Å². The molecule has 0 aromatic heterocycles. The normalized spacial score (nSPS) is 25.3. The quantitative estimate of drug-likeness (QED) is 0.689. The first kappa shape index (κ1) is 14.2. The number of halogens is 1. The van der Waals surface area contributed by atoms with E-state index < -0.39 is 0 Å². The smallest absolute Gasteiger partial charge is 0.0829 e. The van der Waals surface area contributed by atoms with Gasteiger partial charge in [-0.05, 0) is 27.8 Å². The van der Waals surface area contributed by atoms with Gasteiger partial charge in [-0.3, -0.25) is 9.80 Å². The Hall–Kier alpha value is 0.170. The molecular weight excluding hydrogens is 224 g/mol. The molecule has 1 rings (SSSR count). The first-order chi connectivity index (χ1) is 7.54. The second-order valence-electron chi connectivity index (χ2n) is 5.02. The number of nitrogens with zero attached hydrogens (tertiary/aromatic N) is 2. The van der Waals surface area contributed by atoms with Crippen molar-refractivity contribution in [2.75, 3.05) is 39.2 Å². The minimum Gasteiger partial charge on any atom is -0.374 e. The molecule has 96 valence electrons. The zero-order valence-electron chi connectivity index (χ0n) is 10.9. The van der Waals surface area contributed by atoms with Gasteiger partial charge in [0.15, 0.2) is 0 Å².